The highest BCUT2D eigenvalue weighted by atomic mass is 16.5. The Morgan fingerprint density at radius 3 is 2.68 bits per heavy atom. The van der Waals surface area contributed by atoms with Crippen LogP contribution in [0.5, 0.6) is 5.75 Å². The summed E-state index contributed by atoms with van der Waals surface area (Å²) in [6, 6.07) is 16.6. The van der Waals surface area contributed by atoms with Crippen molar-refractivity contribution in [1.29, 1.82) is 5.26 Å². The zero-order valence-electron chi connectivity index (χ0n) is 12.5. The Kier molecular flexibility index (Phi) is 4.94. The Balaban J connectivity index is 2.26. The molecule has 0 aliphatic rings. The van der Waals surface area contributed by atoms with E-state index in [2.05, 4.69) is 5.32 Å². The number of nitrogens with zero attached hydrogens (tertiary/aromatic N) is 1. The van der Waals surface area contributed by atoms with Crippen LogP contribution in [0.25, 0.3) is 6.08 Å². The van der Waals surface area contributed by atoms with Gasteiger partial charge in [-0.15, -0.1) is 0 Å². The van der Waals surface area contributed by atoms with E-state index in [1.807, 2.05) is 43.3 Å². The number of methoxy groups -OCH3 is 1. The SMILES string of the molecule is COc1ccccc1C=C(C#N)C(=O)Nc1cccc(C)c1. The van der Waals surface area contributed by atoms with Gasteiger partial charge in [0.2, 0.25) is 0 Å². The van der Waals surface area contributed by atoms with Crippen molar-refractivity contribution >= 4 is 17.7 Å². The number of carbonyl (C=O) groups is 1. The van der Waals surface area contributed by atoms with Gasteiger partial charge < -0.3 is 10.1 Å². The summed E-state index contributed by atoms with van der Waals surface area (Å²) in [7, 11) is 1.55. The molecule has 0 aliphatic carbocycles. The van der Waals surface area contributed by atoms with Crippen molar-refractivity contribution in [2.75, 3.05) is 12.4 Å². The second-order valence-corrected chi connectivity index (χ2v) is 4.74. The van der Waals surface area contributed by atoms with Gasteiger partial charge in [-0.05, 0) is 36.8 Å². The molecule has 4 nitrogen and oxygen atoms in total. The van der Waals surface area contributed by atoms with Gasteiger partial charge in [0.1, 0.15) is 17.4 Å². The van der Waals surface area contributed by atoms with Gasteiger partial charge in [0.05, 0.1) is 7.11 Å². The maximum absolute atomic E-state index is 12.2. The number of hydrogen-bond donors (Lipinski definition) is 1. The first kappa shape index (κ1) is 15.3. The summed E-state index contributed by atoms with van der Waals surface area (Å²) in [4.78, 5) is 12.2. The predicted octanol–water partition coefficient (Wildman–Crippen LogP) is 3.55. The maximum atomic E-state index is 12.2. The van der Waals surface area contributed by atoms with E-state index in [9.17, 15) is 10.1 Å². The summed E-state index contributed by atoms with van der Waals surface area (Å²) >= 11 is 0. The molecule has 1 amide bonds. The van der Waals surface area contributed by atoms with E-state index in [-0.39, 0.29) is 5.57 Å². The van der Waals surface area contributed by atoms with Crippen LogP contribution in [0.15, 0.2) is 54.1 Å². The van der Waals surface area contributed by atoms with Crippen LogP contribution in [0.2, 0.25) is 0 Å². The number of aryl methyl sites for hydroxylation is 1. The van der Waals surface area contributed by atoms with Gasteiger partial charge >= 0.3 is 0 Å². The van der Waals surface area contributed by atoms with Crippen LogP contribution in [0, 0.1) is 18.3 Å². The Morgan fingerprint density at radius 2 is 2.00 bits per heavy atom. The zero-order valence-corrected chi connectivity index (χ0v) is 12.5. The standard InChI is InChI=1S/C18H16N2O2/c1-13-6-5-8-16(10-13)20-18(21)15(12-19)11-14-7-3-4-9-17(14)22-2/h3-11H,1-2H3,(H,20,21). The van der Waals surface area contributed by atoms with Crippen LogP contribution < -0.4 is 10.1 Å². The lowest BCUT2D eigenvalue weighted by atomic mass is 10.1. The molecule has 2 aromatic rings. The molecule has 0 aromatic heterocycles. The summed E-state index contributed by atoms with van der Waals surface area (Å²) in [5.74, 6) is 0.164. The maximum Gasteiger partial charge on any atom is 0.266 e. The first-order valence-electron chi connectivity index (χ1n) is 6.77. The van der Waals surface area contributed by atoms with Gasteiger partial charge in [0.25, 0.3) is 5.91 Å². The van der Waals surface area contributed by atoms with Crippen molar-refractivity contribution in [1.82, 2.24) is 0 Å². The molecule has 0 aliphatic heterocycles. The lowest BCUT2D eigenvalue weighted by molar-refractivity contribution is -0.112. The van der Waals surface area contributed by atoms with Crippen molar-refractivity contribution in [3.8, 4) is 11.8 Å². The minimum absolute atomic E-state index is 0.0195. The Morgan fingerprint density at radius 1 is 1.23 bits per heavy atom. The molecular formula is C18H16N2O2. The molecule has 2 aromatic carbocycles. The van der Waals surface area contributed by atoms with Crippen molar-refractivity contribution in [3.63, 3.8) is 0 Å². The van der Waals surface area contributed by atoms with Crippen LogP contribution >= 0.6 is 0 Å². The molecule has 0 saturated heterocycles. The Hall–Kier alpha value is -3.06. The van der Waals surface area contributed by atoms with E-state index in [1.54, 1.807) is 25.3 Å². The summed E-state index contributed by atoms with van der Waals surface area (Å²) in [5.41, 5.74) is 2.39. The first-order valence-corrected chi connectivity index (χ1v) is 6.77. The molecule has 110 valence electrons. The average molecular weight is 292 g/mol. The lowest BCUT2D eigenvalue weighted by Crippen LogP contribution is -2.13. The number of hydrogen-bond acceptors (Lipinski definition) is 3. The number of amides is 1. The number of para-hydroxylation sites is 1. The number of carbonyl (C=O) groups excluding carboxylic acids is 1. The molecule has 0 heterocycles. The molecule has 0 atom stereocenters. The van der Waals surface area contributed by atoms with E-state index in [0.29, 0.717) is 17.0 Å². The van der Waals surface area contributed by atoms with Crippen molar-refractivity contribution in [2.24, 2.45) is 0 Å². The number of nitrogens with one attached hydrogen (secondary N) is 1. The molecule has 4 heteroatoms. The zero-order chi connectivity index (χ0) is 15.9. The number of nitriles is 1. The van der Waals surface area contributed by atoms with Gasteiger partial charge in [-0.2, -0.15) is 5.26 Å². The Bertz CT molecular complexity index is 758. The van der Waals surface area contributed by atoms with Crippen LogP contribution in [0.1, 0.15) is 11.1 Å². The highest BCUT2D eigenvalue weighted by Crippen LogP contribution is 2.21. The molecule has 2 rings (SSSR count). The summed E-state index contributed by atoms with van der Waals surface area (Å²) < 4.78 is 5.22. The van der Waals surface area contributed by atoms with E-state index < -0.39 is 5.91 Å². The molecular weight excluding hydrogens is 276 g/mol. The van der Waals surface area contributed by atoms with E-state index >= 15 is 0 Å². The van der Waals surface area contributed by atoms with Crippen molar-refractivity contribution < 1.29 is 9.53 Å². The van der Waals surface area contributed by atoms with E-state index in [4.69, 9.17) is 4.74 Å². The summed E-state index contributed by atoms with van der Waals surface area (Å²) in [6.07, 6.45) is 1.52. The van der Waals surface area contributed by atoms with E-state index in [1.165, 1.54) is 6.08 Å². The smallest absolute Gasteiger partial charge is 0.266 e. The molecule has 0 unspecified atom stereocenters. The largest absolute Gasteiger partial charge is 0.496 e. The van der Waals surface area contributed by atoms with E-state index in [0.717, 1.165) is 5.56 Å². The van der Waals surface area contributed by atoms with Gasteiger partial charge in [-0.3, -0.25) is 4.79 Å². The first-order chi connectivity index (χ1) is 10.6. The summed E-state index contributed by atoms with van der Waals surface area (Å²) in [5, 5.41) is 12.0. The van der Waals surface area contributed by atoms with Crippen LogP contribution in [0.3, 0.4) is 0 Å². The molecule has 0 saturated carbocycles. The third-order valence-electron chi connectivity index (χ3n) is 3.08. The average Bonchev–Trinajstić information content (AvgIpc) is 2.52. The predicted molar refractivity (Wildman–Crippen MR) is 86.4 cm³/mol. The minimum Gasteiger partial charge on any atom is -0.496 e. The van der Waals surface area contributed by atoms with Crippen molar-refractivity contribution in [3.05, 3.63) is 65.2 Å². The fourth-order valence-electron chi connectivity index (χ4n) is 2.01. The van der Waals surface area contributed by atoms with Crippen LogP contribution in [0.4, 0.5) is 5.69 Å². The molecule has 1 N–H and O–H groups in total. The molecule has 0 fully saturated rings. The third-order valence-corrected chi connectivity index (χ3v) is 3.08. The fourth-order valence-corrected chi connectivity index (χ4v) is 2.01. The van der Waals surface area contributed by atoms with Crippen LogP contribution in [-0.4, -0.2) is 13.0 Å². The molecule has 22 heavy (non-hydrogen) atoms. The third kappa shape index (κ3) is 3.74. The number of benzene rings is 2. The molecule has 0 spiro atoms. The van der Waals surface area contributed by atoms with Gasteiger partial charge in [0.15, 0.2) is 0 Å². The summed E-state index contributed by atoms with van der Waals surface area (Å²) in [6.45, 7) is 1.94. The minimum atomic E-state index is -0.445. The Labute approximate surface area is 129 Å². The van der Waals surface area contributed by atoms with Gasteiger partial charge in [-0.1, -0.05) is 30.3 Å². The van der Waals surface area contributed by atoms with Crippen LogP contribution in [-0.2, 0) is 4.79 Å². The highest BCUT2D eigenvalue weighted by molar-refractivity contribution is 6.09. The fraction of sp³-hybridized carbons (Fsp3) is 0.111. The van der Waals surface area contributed by atoms with Crippen molar-refractivity contribution in [2.45, 2.75) is 6.92 Å². The second kappa shape index (κ2) is 7.09. The van der Waals surface area contributed by atoms with Gasteiger partial charge in [0, 0.05) is 11.3 Å². The van der Waals surface area contributed by atoms with Gasteiger partial charge in [-0.25, -0.2) is 0 Å². The molecule has 0 bridgehead atoms. The molecule has 0 radical (unpaired) electrons. The quantitative estimate of drug-likeness (QED) is 0.692. The number of ether oxygens (including phenoxy) is 1. The normalized spacial score (nSPS) is 10.7. The second-order valence-electron chi connectivity index (χ2n) is 4.74. The topological polar surface area (TPSA) is 62.1 Å². The lowest BCUT2D eigenvalue weighted by Gasteiger charge is -2.07. The highest BCUT2D eigenvalue weighted by Gasteiger charge is 2.11. The number of anilines is 1. The monoisotopic (exact) mass is 292 g/mol. The number of rotatable bonds is 4.